The van der Waals surface area contributed by atoms with Crippen molar-refractivity contribution in [3.63, 3.8) is 0 Å². The molecule has 6 nitrogen and oxygen atoms in total. The van der Waals surface area contributed by atoms with Gasteiger partial charge in [-0.2, -0.15) is 0 Å². The molecule has 2 atom stereocenters. The average Bonchev–Trinajstić information content (AvgIpc) is 3.01. The van der Waals surface area contributed by atoms with E-state index in [1.807, 2.05) is 6.92 Å². The summed E-state index contributed by atoms with van der Waals surface area (Å²) in [6.45, 7) is 6.31. The van der Waals surface area contributed by atoms with Crippen LogP contribution in [0, 0.1) is 0 Å². The van der Waals surface area contributed by atoms with Gasteiger partial charge in [0, 0.05) is 24.1 Å². The number of carbonyl (C=O) groups excluding carboxylic acids is 3. The molecular weight excluding hydrogens is 620 g/mol. The Morgan fingerprint density at radius 2 is 0.977 bits per heavy atom. The molecule has 7 heteroatoms. The van der Waals surface area contributed by atoms with Gasteiger partial charge in [-0.05, 0) is 38.5 Å². The van der Waals surface area contributed by atoms with E-state index >= 15 is 0 Å². The average molecular weight is 688 g/mol. The molecule has 0 fully saturated rings. The van der Waals surface area contributed by atoms with Crippen LogP contribution in [0.1, 0.15) is 181 Å². The molecule has 0 radical (unpaired) electrons. The minimum absolute atomic E-state index is 0.0851. The Balaban J connectivity index is 4.18. The van der Waals surface area contributed by atoms with E-state index in [0.29, 0.717) is 24.1 Å². The van der Waals surface area contributed by atoms with Crippen molar-refractivity contribution in [3.05, 3.63) is 12.2 Å². The zero-order valence-electron chi connectivity index (χ0n) is 28.7. The summed E-state index contributed by atoms with van der Waals surface area (Å²) >= 11 is 3.71. The van der Waals surface area contributed by atoms with Crippen LogP contribution in [0.3, 0.4) is 0 Å². The van der Waals surface area contributed by atoms with E-state index in [1.165, 1.54) is 83.5 Å². The van der Waals surface area contributed by atoms with Crippen molar-refractivity contribution in [1.29, 1.82) is 0 Å². The van der Waals surface area contributed by atoms with Gasteiger partial charge in [-0.1, -0.05) is 152 Å². The van der Waals surface area contributed by atoms with Crippen LogP contribution >= 0.6 is 15.9 Å². The van der Waals surface area contributed by atoms with Gasteiger partial charge >= 0.3 is 17.9 Å². The van der Waals surface area contributed by atoms with Gasteiger partial charge in [0.15, 0.2) is 6.10 Å². The van der Waals surface area contributed by atoms with E-state index in [2.05, 4.69) is 41.9 Å². The van der Waals surface area contributed by atoms with Crippen molar-refractivity contribution in [2.45, 2.75) is 192 Å². The van der Waals surface area contributed by atoms with Gasteiger partial charge in [0.05, 0.1) is 0 Å². The maximum absolute atomic E-state index is 12.3. The first-order valence-corrected chi connectivity index (χ1v) is 19.2. The van der Waals surface area contributed by atoms with Crippen LogP contribution < -0.4 is 0 Å². The molecule has 0 aromatic heterocycles. The summed E-state index contributed by atoms with van der Waals surface area (Å²) in [6, 6.07) is 0. The lowest BCUT2D eigenvalue weighted by molar-refractivity contribution is -0.167. The molecule has 0 aromatic carbocycles. The summed E-state index contributed by atoms with van der Waals surface area (Å²) in [5, 5.41) is 0. The standard InChI is InChI=1S/C37H67BrO6/c1-4-7-10-12-14-15-16-17-19-21-23-29-35(39)42-31-34(44-37(41)28-9-6-3)32-43-36(40)30-25-24-27-33(38)26-22-20-18-13-11-8-5-2/h22,26,33-34H,4-21,23-25,27-32H2,1-3H3. The maximum Gasteiger partial charge on any atom is 0.306 e. The quantitative estimate of drug-likeness (QED) is 0.0230. The molecule has 0 N–H and O–H groups in total. The SMILES string of the molecule is CCCCCCCC=CC(Br)CCCCC(=O)OCC(COC(=O)CCCCCCCCCCCCC)OC(=O)CCCC. The van der Waals surface area contributed by atoms with Crippen molar-refractivity contribution in [1.82, 2.24) is 0 Å². The highest BCUT2D eigenvalue weighted by Gasteiger charge is 2.19. The second-order valence-corrected chi connectivity index (χ2v) is 13.4. The van der Waals surface area contributed by atoms with Crippen LogP contribution in [0.25, 0.3) is 0 Å². The summed E-state index contributed by atoms with van der Waals surface area (Å²) < 4.78 is 16.3. The zero-order valence-corrected chi connectivity index (χ0v) is 30.3. The molecule has 0 saturated carbocycles. The highest BCUT2D eigenvalue weighted by atomic mass is 79.9. The van der Waals surface area contributed by atoms with Gasteiger partial charge < -0.3 is 14.2 Å². The maximum atomic E-state index is 12.3. The number of unbranched alkanes of at least 4 members (excludes halogenated alkanes) is 17. The molecule has 258 valence electrons. The smallest absolute Gasteiger partial charge is 0.306 e. The van der Waals surface area contributed by atoms with Crippen LogP contribution in [-0.2, 0) is 28.6 Å². The summed E-state index contributed by atoms with van der Waals surface area (Å²) in [4.78, 5) is 37.2. The summed E-state index contributed by atoms with van der Waals surface area (Å²) in [5.74, 6) is -0.968. The summed E-state index contributed by atoms with van der Waals surface area (Å²) in [6.07, 6.45) is 29.9. The second-order valence-electron chi connectivity index (χ2n) is 12.3. The van der Waals surface area contributed by atoms with E-state index in [9.17, 15) is 14.4 Å². The molecule has 0 heterocycles. The molecule has 0 aliphatic carbocycles. The van der Waals surface area contributed by atoms with Gasteiger partial charge in [-0.15, -0.1) is 0 Å². The highest BCUT2D eigenvalue weighted by molar-refractivity contribution is 9.09. The van der Waals surface area contributed by atoms with Crippen molar-refractivity contribution < 1.29 is 28.6 Å². The number of carbonyl (C=O) groups is 3. The normalized spacial score (nSPS) is 12.7. The van der Waals surface area contributed by atoms with E-state index in [1.54, 1.807) is 0 Å². The summed E-state index contributed by atoms with van der Waals surface area (Å²) in [7, 11) is 0. The van der Waals surface area contributed by atoms with E-state index in [-0.39, 0.29) is 31.1 Å². The molecule has 0 aliphatic rings. The molecule has 0 rings (SSSR count). The number of rotatable bonds is 32. The lowest BCUT2D eigenvalue weighted by atomic mass is 10.1. The molecular formula is C37H67BrO6. The Morgan fingerprint density at radius 1 is 0.545 bits per heavy atom. The summed E-state index contributed by atoms with van der Waals surface area (Å²) in [5.41, 5.74) is 0. The first-order chi connectivity index (χ1) is 21.4. The van der Waals surface area contributed by atoms with Gasteiger partial charge in [-0.25, -0.2) is 0 Å². The van der Waals surface area contributed by atoms with Gasteiger partial charge in [0.2, 0.25) is 0 Å². The second kappa shape index (κ2) is 33.0. The number of hydrogen-bond donors (Lipinski definition) is 0. The Morgan fingerprint density at radius 3 is 1.50 bits per heavy atom. The van der Waals surface area contributed by atoms with Crippen molar-refractivity contribution >= 4 is 33.8 Å². The number of hydrogen-bond acceptors (Lipinski definition) is 6. The number of esters is 3. The third kappa shape index (κ3) is 30.6. The fourth-order valence-electron chi connectivity index (χ4n) is 4.95. The number of halogens is 1. The van der Waals surface area contributed by atoms with Crippen molar-refractivity contribution in [2.24, 2.45) is 0 Å². The molecule has 44 heavy (non-hydrogen) atoms. The van der Waals surface area contributed by atoms with Gasteiger partial charge in [-0.3, -0.25) is 14.4 Å². The largest absolute Gasteiger partial charge is 0.462 e. The molecule has 0 aliphatic heterocycles. The molecule has 0 spiro atoms. The van der Waals surface area contributed by atoms with E-state index in [4.69, 9.17) is 14.2 Å². The third-order valence-electron chi connectivity index (χ3n) is 7.81. The third-order valence-corrected chi connectivity index (χ3v) is 8.57. The fraction of sp³-hybridized carbons (Fsp3) is 0.865. The molecule has 0 bridgehead atoms. The monoisotopic (exact) mass is 686 g/mol. The molecule has 0 saturated heterocycles. The Hall–Kier alpha value is -1.37. The van der Waals surface area contributed by atoms with Gasteiger partial charge in [0.25, 0.3) is 0 Å². The van der Waals surface area contributed by atoms with E-state index < -0.39 is 6.10 Å². The number of ether oxygens (including phenoxy) is 3. The lowest BCUT2D eigenvalue weighted by Gasteiger charge is -2.18. The number of alkyl halides is 1. The minimum atomic E-state index is -0.774. The van der Waals surface area contributed by atoms with Crippen molar-refractivity contribution in [2.75, 3.05) is 13.2 Å². The first-order valence-electron chi connectivity index (χ1n) is 18.2. The topological polar surface area (TPSA) is 78.9 Å². The van der Waals surface area contributed by atoms with Gasteiger partial charge in [0.1, 0.15) is 13.2 Å². The predicted octanol–water partition coefficient (Wildman–Crippen LogP) is 11.1. The van der Waals surface area contributed by atoms with Crippen LogP contribution in [0.2, 0.25) is 0 Å². The number of allylic oxidation sites excluding steroid dienone is 2. The minimum Gasteiger partial charge on any atom is -0.462 e. The highest BCUT2D eigenvalue weighted by Crippen LogP contribution is 2.15. The Labute approximate surface area is 279 Å². The van der Waals surface area contributed by atoms with Crippen LogP contribution in [0.15, 0.2) is 12.2 Å². The zero-order chi connectivity index (χ0) is 32.5. The van der Waals surface area contributed by atoms with Crippen LogP contribution in [0.4, 0.5) is 0 Å². The predicted molar refractivity (Wildman–Crippen MR) is 186 cm³/mol. The fourth-order valence-corrected chi connectivity index (χ4v) is 5.49. The molecule has 0 aromatic rings. The first kappa shape index (κ1) is 42.6. The molecule has 2 unspecified atom stereocenters. The Kier molecular flexibility index (Phi) is 32.0. The van der Waals surface area contributed by atoms with E-state index in [0.717, 1.165) is 57.8 Å². The van der Waals surface area contributed by atoms with Crippen LogP contribution in [0.5, 0.6) is 0 Å². The molecule has 0 amide bonds. The lowest BCUT2D eigenvalue weighted by Crippen LogP contribution is -2.30. The van der Waals surface area contributed by atoms with Crippen LogP contribution in [-0.4, -0.2) is 42.1 Å². The van der Waals surface area contributed by atoms with Crippen molar-refractivity contribution in [3.8, 4) is 0 Å². The Bertz CT molecular complexity index is 710.